The number of rotatable bonds is 13. The maximum atomic E-state index is 11.7. The number of aromatic hydroxyl groups is 1. The molecule has 0 amide bonds. The molecule has 1 saturated heterocycles. The summed E-state index contributed by atoms with van der Waals surface area (Å²) in [5.74, 6) is -1.40. The van der Waals surface area contributed by atoms with Crippen molar-refractivity contribution < 1.29 is 43.8 Å². The number of ether oxygens (including phenoxy) is 5. The Morgan fingerprint density at radius 1 is 1.08 bits per heavy atom. The molecule has 0 spiro atoms. The van der Waals surface area contributed by atoms with Gasteiger partial charge in [-0.3, -0.25) is 0 Å². The third-order valence-corrected chi connectivity index (χ3v) is 6.19. The van der Waals surface area contributed by atoms with Crippen LogP contribution in [0.5, 0.6) is 17.2 Å². The number of hydrogen-bond donors (Lipinski definition) is 3. The maximum Gasteiger partial charge on any atom is 0.340 e. The summed E-state index contributed by atoms with van der Waals surface area (Å²) >= 11 is 0. The lowest BCUT2D eigenvalue weighted by atomic mass is 10.0. The molecule has 9 heteroatoms. The van der Waals surface area contributed by atoms with Crippen LogP contribution in [0.1, 0.15) is 55.1 Å². The number of carboxylic acid groups (broad SMARTS) is 1. The van der Waals surface area contributed by atoms with Crippen LogP contribution < -0.4 is 9.47 Å². The average molecular weight is 543 g/mol. The Balaban J connectivity index is 1.82. The van der Waals surface area contributed by atoms with Gasteiger partial charge < -0.3 is 39.0 Å². The summed E-state index contributed by atoms with van der Waals surface area (Å²) in [5.41, 5.74) is 1.05. The van der Waals surface area contributed by atoms with E-state index < -0.39 is 36.2 Å². The molecule has 212 valence electrons. The Morgan fingerprint density at radius 3 is 2.38 bits per heavy atom. The van der Waals surface area contributed by atoms with Crippen molar-refractivity contribution in [3.05, 3.63) is 71.3 Å². The minimum atomic E-state index is -1.25. The number of carboxylic acids is 1. The van der Waals surface area contributed by atoms with E-state index in [0.29, 0.717) is 30.8 Å². The van der Waals surface area contributed by atoms with E-state index in [1.54, 1.807) is 32.3 Å². The zero-order valence-electron chi connectivity index (χ0n) is 23.0. The van der Waals surface area contributed by atoms with Crippen molar-refractivity contribution in [2.45, 2.75) is 70.4 Å². The number of aromatic carboxylic acids is 1. The van der Waals surface area contributed by atoms with Crippen LogP contribution in [-0.4, -0.2) is 65.7 Å². The molecule has 1 aliphatic heterocycles. The van der Waals surface area contributed by atoms with Crippen molar-refractivity contribution in [1.29, 1.82) is 0 Å². The summed E-state index contributed by atoms with van der Waals surface area (Å²) in [4.78, 5) is 11.7. The van der Waals surface area contributed by atoms with Crippen LogP contribution in [0.15, 0.2) is 54.6 Å². The van der Waals surface area contributed by atoms with Gasteiger partial charge in [0, 0.05) is 6.07 Å². The van der Waals surface area contributed by atoms with E-state index in [9.17, 15) is 20.1 Å². The monoisotopic (exact) mass is 542 g/mol. The highest BCUT2D eigenvalue weighted by atomic mass is 16.8. The summed E-state index contributed by atoms with van der Waals surface area (Å²) in [7, 11) is 3.05. The second-order valence-electron chi connectivity index (χ2n) is 9.83. The van der Waals surface area contributed by atoms with Crippen LogP contribution in [0.4, 0.5) is 0 Å². The normalized spacial score (nSPS) is 20.4. The molecule has 0 aliphatic carbocycles. The van der Waals surface area contributed by atoms with Crippen LogP contribution in [0.25, 0.3) is 6.08 Å². The summed E-state index contributed by atoms with van der Waals surface area (Å²) in [6.07, 6.45) is 6.11. The van der Waals surface area contributed by atoms with Crippen molar-refractivity contribution in [1.82, 2.24) is 0 Å². The highest BCUT2D eigenvalue weighted by Crippen LogP contribution is 2.35. The lowest BCUT2D eigenvalue weighted by molar-refractivity contribution is -0.156. The lowest BCUT2D eigenvalue weighted by Crippen LogP contribution is -2.36. The van der Waals surface area contributed by atoms with Crippen LogP contribution in [0.3, 0.4) is 0 Å². The molecule has 0 unspecified atom stereocenters. The SMILES string of the molecule is COc1ccc(CO[C@H](/C=C\C[C@@H](C)O)[C@H]2OC(C)(C)O[C@H]2C/C=C/c2cc(OC)cc(O)c2C(=O)O)cc1. The summed E-state index contributed by atoms with van der Waals surface area (Å²) < 4.78 is 29.1. The van der Waals surface area contributed by atoms with Gasteiger partial charge in [0.05, 0.1) is 33.0 Å². The molecule has 3 N–H and O–H groups in total. The number of aliphatic hydroxyl groups is 1. The molecule has 1 fully saturated rings. The number of phenols is 1. The third kappa shape index (κ3) is 8.56. The fourth-order valence-electron chi connectivity index (χ4n) is 4.34. The molecule has 2 aromatic carbocycles. The van der Waals surface area contributed by atoms with Crippen LogP contribution in [0, 0.1) is 0 Å². The number of benzene rings is 2. The van der Waals surface area contributed by atoms with Gasteiger partial charge in [-0.25, -0.2) is 4.79 Å². The molecule has 0 radical (unpaired) electrons. The molecule has 9 nitrogen and oxygen atoms in total. The Kier molecular flexibility index (Phi) is 10.5. The third-order valence-electron chi connectivity index (χ3n) is 6.19. The van der Waals surface area contributed by atoms with Gasteiger partial charge in [-0.15, -0.1) is 0 Å². The van der Waals surface area contributed by atoms with Gasteiger partial charge in [-0.1, -0.05) is 36.4 Å². The van der Waals surface area contributed by atoms with Gasteiger partial charge in [0.15, 0.2) is 5.79 Å². The van der Waals surface area contributed by atoms with E-state index in [-0.39, 0.29) is 11.3 Å². The largest absolute Gasteiger partial charge is 0.507 e. The van der Waals surface area contributed by atoms with Gasteiger partial charge in [0.25, 0.3) is 0 Å². The summed E-state index contributed by atoms with van der Waals surface area (Å²) in [5, 5.41) is 29.5. The topological polar surface area (TPSA) is 124 Å². The van der Waals surface area contributed by atoms with E-state index in [0.717, 1.165) is 11.3 Å². The lowest BCUT2D eigenvalue weighted by Gasteiger charge is -2.24. The van der Waals surface area contributed by atoms with Gasteiger partial charge in [-0.2, -0.15) is 0 Å². The average Bonchev–Trinajstić information content (AvgIpc) is 3.19. The van der Waals surface area contributed by atoms with Gasteiger partial charge >= 0.3 is 5.97 Å². The van der Waals surface area contributed by atoms with Crippen LogP contribution >= 0.6 is 0 Å². The standard InChI is InChI=1S/C30H38O9/c1-19(31)8-6-10-25(37-18-20-12-14-22(35-4)15-13-20)28-26(38-30(2,3)39-28)11-7-9-21-16-23(36-5)17-24(32)27(21)29(33)34/h6-7,9-10,12-17,19,25-26,28,31-32H,8,11,18H2,1-5H3,(H,33,34)/b9-7+,10-6-/t19-,25-,26+,28-/m1/s1. The molecule has 3 rings (SSSR count). The highest BCUT2D eigenvalue weighted by Gasteiger charge is 2.44. The molecular weight excluding hydrogens is 504 g/mol. The second kappa shape index (κ2) is 13.6. The first-order valence-electron chi connectivity index (χ1n) is 12.8. The van der Waals surface area contributed by atoms with Crippen LogP contribution in [0.2, 0.25) is 0 Å². The number of methoxy groups -OCH3 is 2. The van der Waals surface area contributed by atoms with E-state index in [2.05, 4.69) is 0 Å². The first-order chi connectivity index (χ1) is 18.5. The second-order valence-corrected chi connectivity index (χ2v) is 9.83. The van der Waals surface area contributed by atoms with Gasteiger partial charge in [-0.05, 0) is 62.9 Å². The zero-order valence-corrected chi connectivity index (χ0v) is 23.0. The summed E-state index contributed by atoms with van der Waals surface area (Å²) in [6, 6.07) is 10.4. The molecule has 0 saturated carbocycles. The van der Waals surface area contributed by atoms with Gasteiger partial charge in [0.2, 0.25) is 0 Å². The molecule has 1 heterocycles. The smallest absolute Gasteiger partial charge is 0.340 e. The van der Waals surface area contributed by atoms with E-state index in [1.165, 1.54) is 13.2 Å². The Morgan fingerprint density at radius 2 is 1.77 bits per heavy atom. The van der Waals surface area contributed by atoms with E-state index >= 15 is 0 Å². The minimum absolute atomic E-state index is 0.214. The predicted octanol–water partition coefficient (Wildman–Crippen LogP) is 4.94. The first kappa shape index (κ1) is 30.2. The zero-order chi connectivity index (χ0) is 28.6. The van der Waals surface area contributed by atoms with Crippen molar-refractivity contribution in [2.24, 2.45) is 0 Å². The molecule has 39 heavy (non-hydrogen) atoms. The van der Waals surface area contributed by atoms with E-state index in [1.807, 2.05) is 50.3 Å². The van der Waals surface area contributed by atoms with Crippen molar-refractivity contribution in [3.63, 3.8) is 0 Å². The fraction of sp³-hybridized carbons (Fsp3) is 0.433. The molecular formula is C30H38O9. The minimum Gasteiger partial charge on any atom is -0.507 e. The quantitative estimate of drug-likeness (QED) is 0.302. The van der Waals surface area contributed by atoms with Crippen molar-refractivity contribution >= 4 is 12.0 Å². The maximum absolute atomic E-state index is 11.7. The Labute approximate surface area is 229 Å². The number of aliphatic hydroxyl groups excluding tert-OH is 1. The molecule has 0 bridgehead atoms. The van der Waals surface area contributed by atoms with Crippen molar-refractivity contribution in [3.8, 4) is 17.2 Å². The fourth-order valence-corrected chi connectivity index (χ4v) is 4.34. The Hall–Kier alpha value is -3.37. The van der Waals surface area contributed by atoms with Crippen LogP contribution in [-0.2, 0) is 20.8 Å². The number of carbonyl (C=O) groups is 1. The highest BCUT2D eigenvalue weighted by molar-refractivity contribution is 5.95. The van der Waals surface area contributed by atoms with E-state index in [4.69, 9.17) is 23.7 Å². The van der Waals surface area contributed by atoms with Crippen molar-refractivity contribution in [2.75, 3.05) is 14.2 Å². The Bertz CT molecular complexity index is 1150. The molecule has 4 atom stereocenters. The molecule has 0 aromatic heterocycles. The van der Waals surface area contributed by atoms with Gasteiger partial charge in [0.1, 0.15) is 35.0 Å². The number of hydrogen-bond acceptors (Lipinski definition) is 8. The summed E-state index contributed by atoms with van der Waals surface area (Å²) in [6.45, 7) is 5.69. The predicted molar refractivity (Wildman–Crippen MR) is 146 cm³/mol. The molecule has 1 aliphatic rings. The first-order valence-corrected chi connectivity index (χ1v) is 12.8. The molecule has 2 aromatic rings.